The van der Waals surface area contributed by atoms with Crippen molar-refractivity contribution in [2.45, 2.75) is 99.2 Å². The van der Waals surface area contributed by atoms with E-state index in [0.29, 0.717) is 0 Å². The van der Waals surface area contributed by atoms with E-state index in [0.717, 1.165) is 13.8 Å². The Morgan fingerprint density at radius 1 is 0.744 bits per heavy atom. The van der Waals surface area contributed by atoms with Gasteiger partial charge in [-0.2, -0.15) is 0 Å². The van der Waals surface area contributed by atoms with Crippen LogP contribution in [-0.2, 0) is 28.7 Å². The first-order chi connectivity index (χ1) is 19.2. The largest absolute Gasteiger partial charge is 2.00 e. The number of nitrogens with one attached hydrogen (secondary N) is 2. The Labute approximate surface area is 263 Å². The minimum absolute atomic E-state index is 0. The van der Waals surface area contributed by atoms with Gasteiger partial charge in [0.05, 0.1) is 37.5 Å². The van der Waals surface area contributed by atoms with E-state index >= 15 is 0 Å². The average Bonchev–Trinajstić information content (AvgIpc) is 2.89. The molecule has 0 saturated carbocycles. The van der Waals surface area contributed by atoms with E-state index in [9.17, 15) is 70.2 Å². The Kier molecular flexibility index (Phi) is 16.5. The van der Waals surface area contributed by atoms with E-state index in [2.05, 4.69) is 10.6 Å². The average molecular weight is 824 g/mol. The molecule has 43 heavy (non-hydrogen) atoms. The number of carbonyl (C=O) groups is 4. The van der Waals surface area contributed by atoms with Crippen molar-refractivity contribution in [3.63, 3.8) is 0 Å². The topological polar surface area (TPSA) is 359 Å². The van der Waals surface area contributed by atoms with Gasteiger partial charge in [0.15, 0.2) is 0 Å². The van der Waals surface area contributed by atoms with E-state index in [1.54, 1.807) is 0 Å². The molecule has 0 bridgehead atoms. The zero-order chi connectivity index (χ0) is 32.7. The first-order valence-corrected chi connectivity index (χ1v) is 12.3. The van der Waals surface area contributed by atoms with Crippen LogP contribution in [0.15, 0.2) is 0 Å². The molecule has 0 aromatic rings. The monoisotopic (exact) mass is 824 g/mol. The third kappa shape index (κ3) is 10.7. The fourth-order valence-electron chi connectivity index (χ4n) is 4.26. The molecule has 2 aliphatic rings. The van der Waals surface area contributed by atoms with Crippen LogP contribution in [0.3, 0.4) is 0 Å². The van der Waals surface area contributed by atoms with Crippen LogP contribution in [0.25, 0.3) is 0 Å². The number of aliphatic hydroxyl groups excluding tert-OH is 8. The Morgan fingerprint density at radius 2 is 1.02 bits per heavy atom. The Bertz CT molecular complexity index is 887. The second kappa shape index (κ2) is 17.1. The molecule has 2 radical (unpaired) electrons. The Morgan fingerprint density at radius 3 is 1.23 bits per heavy atom. The number of rotatable bonds is 10. The zero-order valence-corrected chi connectivity index (χ0v) is 26.7. The van der Waals surface area contributed by atoms with Crippen molar-refractivity contribution in [1.82, 2.24) is 10.6 Å². The first kappa shape index (κ1) is 41.3. The van der Waals surface area contributed by atoms with Crippen molar-refractivity contribution in [2.24, 2.45) is 0 Å². The predicted molar refractivity (Wildman–Crippen MR) is 130 cm³/mol. The van der Waals surface area contributed by atoms with Gasteiger partial charge in [0.25, 0.3) is 0 Å². The van der Waals surface area contributed by atoms with Gasteiger partial charge in [0.1, 0.15) is 48.6 Å². The summed E-state index contributed by atoms with van der Waals surface area (Å²) in [6.45, 7) is 0.456. The summed E-state index contributed by atoms with van der Waals surface area (Å²) in [4.78, 5) is 44.0. The van der Waals surface area contributed by atoms with Crippen LogP contribution in [0.5, 0.6) is 0 Å². The number of hydrogen-bond acceptors (Lipinski definition) is 18. The molecule has 0 unspecified atom stereocenters. The van der Waals surface area contributed by atoms with Gasteiger partial charge in [0.2, 0.25) is 23.4 Å². The number of carboxylic acid groups (broad SMARTS) is 2. The van der Waals surface area contributed by atoms with Crippen LogP contribution in [0, 0.1) is 0 Å². The Hall–Kier alpha value is -1.68. The van der Waals surface area contributed by atoms with Crippen LogP contribution in [0.1, 0.15) is 26.7 Å². The van der Waals surface area contributed by atoms with Gasteiger partial charge < -0.3 is 91.0 Å². The van der Waals surface area contributed by atoms with Crippen molar-refractivity contribution in [2.75, 3.05) is 13.2 Å². The zero-order valence-electron chi connectivity index (χ0n) is 22.8. The number of ether oxygens (including phenoxy) is 2. The number of hydrogen-bond donors (Lipinski definition) is 12. The van der Waals surface area contributed by atoms with E-state index < -0.39 is 122 Å². The van der Waals surface area contributed by atoms with Gasteiger partial charge >= 0.3 is 27.3 Å². The van der Waals surface area contributed by atoms with Crippen LogP contribution in [-0.4, -0.2) is 188 Å². The molecule has 0 spiro atoms. The van der Waals surface area contributed by atoms with Crippen molar-refractivity contribution in [3.05, 3.63) is 0 Å². The molecule has 21 heteroatoms. The standard InChI is InChI=1S/2C11H19NO9.Pb/c2*1-4(14)12-7-5(15)2-11(20,10(18)19)21-9(7)8(17)6(16)3-13;/h2*5-9,13,15-17,20H,2-3H2,1H3,(H,12,14)(H,18,19);/q;;+2/p-2/t2*5-,6+,7+,8+,9+,11-;/m00./s1. The second-order valence-electron chi connectivity index (χ2n) is 9.79. The van der Waals surface area contributed by atoms with Crippen LogP contribution < -0.4 is 20.8 Å². The maximum atomic E-state index is 11.1. The normalized spacial score (nSPS) is 35.0. The molecule has 12 atom stereocenters. The fourth-order valence-corrected chi connectivity index (χ4v) is 4.26. The summed E-state index contributed by atoms with van der Waals surface area (Å²) in [7, 11) is 0. The Balaban J connectivity index is 0.000000802. The molecule has 0 aliphatic carbocycles. The molecule has 246 valence electrons. The molecule has 0 aromatic carbocycles. The quantitative estimate of drug-likeness (QED) is 0.0910. The van der Waals surface area contributed by atoms with E-state index in [1.807, 2.05) is 0 Å². The molecule has 2 aliphatic heterocycles. The third-order valence-corrected chi connectivity index (χ3v) is 6.38. The predicted octanol–water partition coefficient (Wildman–Crippen LogP) is -10.8. The van der Waals surface area contributed by atoms with Crippen molar-refractivity contribution in [1.29, 1.82) is 0 Å². The summed E-state index contributed by atoms with van der Waals surface area (Å²) in [5.74, 6) is -11.1. The van der Waals surface area contributed by atoms with Gasteiger partial charge in [-0.15, -0.1) is 0 Å². The summed E-state index contributed by atoms with van der Waals surface area (Å²) >= 11 is 0. The molecular formula is C22H36N2O18Pb. The molecule has 2 rings (SSSR count). The van der Waals surface area contributed by atoms with Gasteiger partial charge in [-0.25, -0.2) is 0 Å². The van der Waals surface area contributed by atoms with Crippen molar-refractivity contribution >= 4 is 51.1 Å². The van der Waals surface area contributed by atoms with Crippen molar-refractivity contribution in [3.8, 4) is 0 Å². The summed E-state index contributed by atoms with van der Waals surface area (Å²) in [6.07, 6.45) is -15.3. The van der Waals surface area contributed by atoms with Gasteiger partial charge in [0, 0.05) is 26.7 Å². The summed E-state index contributed by atoms with van der Waals surface area (Å²) in [5.41, 5.74) is 0. The van der Waals surface area contributed by atoms with E-state index in [-0.39, 0.29) is 27.3 Å². The second-order valence-corrected chi connectivity index (χ2v) is 9.79. The first-order valence-electron chi connectivity index (χ1n) is 12.3. The number of carboxylic acids is 2. The minimum Gasteiger partial charge on any atom is -0.544 e. The maximum Gasteiger partial charge on any atom is 2.00 e. The van der Waals surface area contributed by atoms with Crippen LogP contribution >= 0.6 is 0 Å². The number of aliphatic carboxylic acids is 2. The van der Waals surface area contributed by atoms with Crippen molar-refractivity contribution < 1.29 is 89.9 Å². The molecule has 20 nitrogen and oxygen atoms in total. The smallest absolute Gasteiger partial charge is 0.544 e. The summed E-state index contributed by atoms with van der Waals surface area (Å²) in [5, 5.41) is 122. The van der Waals surface area contributed by atoms with Gasteiger partial charge in [-0.3, -0.25) is 9.59 Å². The fraction of sp³-hybridized carbons (Fsp3) is 0.818. The molecule has 2 saturated heterocycles. The molecule has 2 amide bonds. The van der Waals surface area contributed by atoms with Crippen LogP contribution in [0.4, 0.5) is 0 Å². The molecule has 0 aromatic heterocycles. The van der Waals surface area contributed by atoms with Gasteiger partial charge in [-0.1, -0.05) is 0 Å². The number of carbonyl (C=O) groups excluding carboxylic acids is 4. The summed E-state index contributed by atoms with van der Waals surface area (Å²) in [6, 6.07) is -2.59. The van der Waals surface area contributed by atoms with E-state index in [4.69, 9.17) is 19.7 Å². The molecule has 2 fully saturated rings. The molecule has 2 heterocycles. The number of aliphatic hydroxyl groups is 10. The van der Waals surface area contributed by atoms with E-state index in [1.165, 1.54) is 0 Å². The summed E-state index contributed by atoms with van der Waals surface area (Å²) < 4.78 is 9.60. The van der Waals surface area contributed by atoms with Crippen LogP contribution in [0.2, 0.25) is 0 Å². The van der Waals surface area contributed by atoms with Gasteiger partial charge in [-0.05, 0) is 0 Å². The SMILES string of the molecule is CC(=O)N[C@H]1[C@H]([C@H](O)[C@H](O)CO)O[C@](O)(C(=O)[O-])C[C@@H]1O.CC(=O)N[C@H]1[C@H]([C@H](O)[C@H](O)CO)O[C@](O)(C(=O)[O-])C[C@@H]1O.[Pb+2]. The minimum atomic E-state index is -2.89. The third-order valence-electron chi connectivity index (χ3n) is 6.38. The maximum absolute atomic E-state index is 11.1. The number of amides is 2. The molecular weight excluding hydrogens is 787 g/mol. The molecule has 12 N–H and O–H groups in total.